The summed E-state index contributed by atoms with van der Waals surface area (Å²) in [6.45, 7) is 0. The molecule has 0 amide bonds. The summed E-state index contributed by atoms with van der Waals surface area (Å²) in [5.74, 6) is 1.29. The molecule has 0 N–H and O–H groups in total. The third-order valence-electron chi connectivity index (χ3n) is 2.18. The van der Waals surface area contributed by atoms with E-state index in [1.165, 1.54) is 6.26 Å². The highest BCUT2D eigenvalue weighted by molar-refractivity contribution is 5.57. The lowest BCUT2D eigenvalue weighted by molar-refractivity contribution is -0.107. The number of benzene rings is 1. The van der Waals surface area contributed by atoms with Crippen LogP contribution in [0.2, 0.25) is 0 Å². The maximum atomic E-state index is 10.3. The van der Waals surface area contributed by atoms with E-state index >= 15 is 0 Å². The molecule has 1 heterocycles. The van der Waals surface area contributed by atoms with Crippen LogP contribution in [0.1, 0.15) is 5.69 Å². The number of ether oxygens (including phenoxy) is 1. The number of nitrogens with zero attached hydrogens (tertiary/aromatic N) is 1. The number of hydrogen-bond donors (Lipinski definition) is 0. The van der Waals surface area contributed by atoms with Gasteiger partial charge >= 0.3 is 0 Å². The van der Waals surface area contributed by atoms with E-state index in [1.807, 2.05) is 24.3 Å². The summed E-state index contributed by atoms with van der Waals surface area (Å²) in [4.78, 5) is 14.5. The smallest absolute Gasteiger partial charge is 0.226 e. The van der Waals surface area contributed by atoms with Crippen LogP contribution in [0, 0.1) is 0 Å². The Morgan fingerprint density at radius 1 is 1.38 bits per heavy atom. The van der Waals surface area contributed by atoms with Crippen molar-refractivity contribution in [1.29, 1.82) is 0 Å². The van der Waals surface area contributed by atoms with Gasteiger partial charge in [-0.1, -0.05) is 0 Å². The molecule has 0 saturated carbocycles. The van der Waals surface area contributed by atoms with E-state index in [1.54, 1.807) is 7.11 Å². The van der Waals surface area contributed by atoms with Crippen LogP contribution in [0.25, 0.3) is 11.5 Å². The van der Waals surface area contributed by atoms with E-state index in [-0.39, 0.29) is 6.42 Å². The Balaban J connectivity index is 2.24. The molecule has 0 bridgehead atoms. The quantitative estimate of drug-likeness (QED) is 0.736. The Hall–Kier alpha value is -2.10. The first kappa shape index (κ1) is 10.4. The van der Waals surface area contributed by atoms with Gasteiger partial charge in [-0.25, -0.2) is 4.98 Å². The molecule has 4 heteroatoms. The molecule has 1 aromatic heterocycles. The summed E-state index contributed by atoms with van der Waals surface area (Å²) < 4.78 is 10.3. The molecule has 1 aromatic carbocycles. The van der Waals surface area contributed by atoms with Crippen LogP contribution < -0.4 is 4.74 Å². The van der Waals surface area contributed by atoms with Gasteiger partial charge in [-0.3, -0.25) is 0 Å². The monoisotopic (exact) mass is 217 g/mol. The number of aldehydes is 1. The van der Waals surface area contributed by atoms with Crippen molar-refractivity contribution in [3.05, 3.63) is 36.2 Å². The van der Waals surface area contributed by atoms with Crippen LogP contribution in [0.4, 0.5) is 0 Å². The summed E-state index contributed by atoms with van der Waals surface area (Å²) in [6, 6.07) is 7.38. The summed E-state index contributed by atoms with van der Waals surface area (Å²) in [5.41, 5.74) is 1.50. The van der Waals surface area contributed by atoms with Crippen LogP contribution in [-0.2, 0) is 11.2 Å². The molecule has 0 aliphatic rings. The van der Waals surface area contributed by atoms with Gasteiger partial charge in [0, 0.05) is 12.0 Å². The Bertz CT molecular complexity index is 473. The number of rotatable bonds is 4. The van der Waals surface area contributed by atoms with Crippen molar-refractivity contribution in [3.63, 3.8) is 0 Å². The number of aromatic nitrogens is 1. The lowest BCUT2D eigenvalue weighted by atomic mass is 10.2. The molecule has 0 fully saturated rings. The van der Waals surface area contributed by atoms with Gasteiger partial charge in [-0.05, 0) is 24.3 Å². The second-order valence-corrected chi connectivity index (χ2v) is 3.24. The zero-order chi connectivity index (χ0) is 11.4. The molecule has 16 heavy (non-hydrogen) atoms. The summed E-state index contributed by atoms with van der Waals surface area (Å²) in [7, 11) is 1.61. The third-order valence-corrected chi connectivity index (χ3v) is 2.18. The Labute approximate surface area is 92.9 Å². The highest BCUT2D eigenvalue weighted by Gasteiger charge is 2.06. The van der Waals surface area contributed by atoms with E-state index in [0.29, 0.717) is 11.6 Å². The molecular formula is C12H11NO3. The molecule has 0 atom stereocenters. The average molecular weight is 217 g/mol. The van der Waals surface area contributed by atoms with Gasteiger partial charge < -0.3 is 13.9 Å². The maximum absolute atomic E-state index is 10.3. The van der Waals surface area contributed by atoms with Crippen LogP contribution in [0.3, 0.4) is 0 Å². The highest BCUT2D eigenvalue weighted by Crippen LogP contribution is 2.21. The Morgan fingerprint density at radius 2 is 2.12 bits per heavy atom. The minimum atomic E-state index is 0.277. The molecule has 0 saturated heterocycles. The molecule has 0 radical (unpaired) electrons. The van der Waals surface area contributed by atoms with E-state index in [0.717, 1.165) is 17.6 Å². The maximum Gasteiger partial charge on any atom is 0.226 e. The standard InChI is InChI=1S/C12H11NO3/c1-15-11-4-2-9(3-5-11)12-13-10(6-7-14)8-16-12/h2-5,7-8H,6H2,1H3. The number of carbonyl (C=O) groups excluding carboxylic acids is 1. The zero-order valence-electron chi connectivity index (χ0n) is 8.84. The number of methoxy groups -OCH3 is 1. The molecule has 0 aliphatic heterocycles. The normalized spacial score (nSPS) is 10.1. The van der Waals surface area contributed by atoms with Crippen LogP contribution >= 0.6 is 0 Å². The van der Waals surface area contributed by atoms with Gasteiger partial charge in [0.2, 0.25) is 5.89 Å². The number of carbonyl (C=O) groups is 1. The molecule has 82 valence electrons. The van der Waals surface area contributed by atoms with Crippen molar-refractivity contribution in [2.24, 2.45) is 0 Å². The summed E-state index contributed by atoms with van der Waals surface area (Å²) in [5, 5.41) is 0. The van der Waals surface area contributed by atoms with Gasteiger partial charge in [0.1, 0.15) is 18.3 Å². The summed E-state index contributed by atoms with van der Waals surface area (Å²) in [6.07, 6.45) is 2.57. The van der Waals surface area contributed by atoms with Crippen molar-refractivity contribution < 1.29 is 13.9 Å². The molecule has 4 nitrogen and oxygen atoms in total. The minimum Gasteiger partial charge on any atom is -0.497 e. The largest absolute Gasteiger partial charge is 0.497 e. The lowest BCUT2D eigenvalue weighted by Gasteiger charge is -1.99. The molecule has 2 rings (SSSR count). The second kappa shape index (κ2) is 4.61. The Morgan fingerprint density at radius 3 is 2.75 bits per heavy atom. The van der Waals surface area contributed by atoms with E-state index in [9.17, 15) is 4.79 Å². The van der Waals surface area contributed by atoms with Crippen molar-refractivity contribution in [2.75, 3.05) is 7.11 Å². The molecule has 0 aliphatic carbocycles. The molecule has 0 spiro atoms. The summed E-state index contributed by atoms with van der Waals surface area (Å²) >= 11 is 0. The third kappa shape index (κ3) is 2.11. The van der Waals surface area contributed by atoms with Crippen LogP contribution in [0.15, 0.2) is 34.9 Å². The fourth-order valence-corrected chi connectivity index (χ4v) is 1.35. The topological polar surface area (TPSA) is 52.3 Å². The first-order chi connectivity index (χ1) is 7.83. The van der Waals surface area contributed by atoms with Crippen LogP contribution in [0.5, 0.6) is 5.75 Å². The van der Waals surface area contributed by atoms with Crippen LogP contribution in [-0.4, -0.2) is 18.4 Å². The average Bonchev–Trinajstić information content (AvgIpc) is 2.78. The predicted octanol–water partition coefficient (Wildman–Crippen LogP) is 2.09. The second-order valence-electron chi connectivity index (χ2n) is 3.24. The van der Waals surface area contributed by atoms with Gasteiger partial charge in [-0.15, -0.1) is 0 Å². The zero-order valence-corrected chi connectivity index (χ0v) is 8.84. The first-order valence-electron chi connectivity index (χ1n) is 4.86. The number of oxazole rings is 1. The van der Waals surface area contributed by atoms with Crippen molar-refractivity contribution in [2.45, 2.75) is 6.42 Å². The minimum absolute atomic E-state index is 0.277. The number of hydrogen-bond acceptors (Lipinski definition) is 4. The fraction of sp³-hybridized carbons (Fsp3) is 0.167. The van der Waals surface area contributed by atoms with Gasteiger partial charge in [0.15, 0.2) is 0 Å². The van der Waals surface area contributed by atoms with Crippen molar-refractivity contribution in [1.82, 2.24) is 4.98 Å². The van der Waals surface area contributed by atoms with Gasteiger partial charge in [0.05, 0.1) is 12.8 Å². The lowest BCUT2D eigenvalue weighted by Crippen LogP contribution is -1.86. The molecule has 0 unspecified atom stereocenters. The molecule has 2 aromatic rings. The molecular weight excluding hydrogens is 206 g/mol. The first-order valence-corrected chi connectivity index (χ1v) is 4.86. The van der Waals surface area contributed by atoms with Crippen molar-refractivity contribution in [3.8, 4) is 17.2 Å². The predicted molar refractivity (Wildman–Crippen MR) is 58.3 cm³/mol. The van der Waals surface area contributed by atoms with Crippen molar-refractivity contribution >= 4 is 6.29 Å². The van der Waals surface area contributed by atoms with E-state index in [4.69, 9.17) is 9.15 Å². The van der Waals surface area contributed by atoms with Gasteiger partial charge in [-0.2, -0.15) is 0 Å². The fourth-order valence-electron chi connectivity index (χ4n) is 1.35. The van der Waals surface area contributed by atoms with E-state index < -0.39 is 0 Å². The van der Waals surface area contributed by atoms with Gasteiger partial charge in [0.25, 0.3) is 0 Å². The highest BCUT2D eigenvalue weighted by atomic mass is 16.5. The SMILES string of the molecule is COc1ccc(-c2nc(CC=O)co2)cc1. The van der Waals surface area contributed by atoms with E-state index in [2.05, 4.69) is 4.98 Å². The Kier molecular flexibility index (Phi) is 3.00.